The summed E-state index contributed by atoms with van der Waals surface area (Å²) in [5.74, 6) is 4.65. The predicted octanol–water partition coefficient (Wildman–Crippen LogP) is -0.881. The van der Waals surface area contributed by atoms with Gasteiger partial charge in [-0.1, -0.05) is 0 Å². The zero-order valence-corrected chi connectivity index (χ0v) is 7.76. The second-order valence-electron chi connectivity index (χ2n) is 3.49. The van der Waals surface area contributed by atoms with Crippen LogP contribution in [0.4, 0.5) is 0 Å². The molecule has 0 aliphatic carbocycles. The van der Waals surface area contributed by atoms with Gasteiger partial charge in [0.05, 0.1) is 0 Å². The second-order valence-corrected chi connectivity index (χ2v) is 3.49. The van der Waals surface area contributed by atoms with Crippen LogP contribution >= 0.6 is 0 Å². The van der Waals surface area contributed by atoms with Crippen molar-refractivity contribution in [3.05, 3.63) is 0 Å². The van der Waals surface area contributed by atoms with E-state index in [1.54, 1.807) is 20.8 Å². The van der Waals surface area contributed by atoms with Gasteiger partial charge in [-0.3, -0.25) is 10.6 Å². The molecule has 0 aliphatic rings. The molecule has 5 nitrogen and oxygen atoms in total. The fourth-order valence-electron chi connectivity index (χ4n) is 0.605. The van der Waals surface area contributed by atoms with Crippen molar-refractivity contribution in [2.24, 2.45) is 11.6 Å². The molecular weight excluding hydrogens is 158 g/mol. The van der Waals surface area contributed by atoms with Gasteiger partial charge in [-0.05, 0) is 20.8 Å². The summed E-state index contributed by atoms with van der Waals surface area (Å²) >= 11 is 0. The van der Waals surface area contributed by atoms with Gasteiger partial charge in [0, 0.05) is 6.54 Å². The lowest BCUT2D eigenvalue weighted by Crippen LogP contribution is -2.49. The first kappa shape index (κ1) is 11.4. The molecule has 0 saturated carbocycles. The molecule has 12 heavy (non-hydrogen) atoms. The lowest BCUT2D eigenvalue weighted by atomic mass is 10.2. The largest absolute Gasteiger partial charge is 0.459 e. The first-order chi connectivity index (χ1) is 5.40. The van der Waals surface area contributed by atoms with E-state index in [1.807, 2.05) is 0 Å². The molecule has 0 aliphatic heterocycles. The van der Waals surface area contributed by atoms with Gasteiger partial charge in [-0.15, -0.1) is 0 Å². The highest BCUT2D eigenvalue weighted by molar-refractivity contribution is 5.76. The zero-order valence-electron chi connectivity index (χ0n) is 7.76. The number of carbonyl (C=O) groups excluding carboxylic acids is 1. The standard InChI is InChI=1S/C7H17N3O2/c1-7(2,3)12-6(11)5(4-8)10-9/h5,10H,4,8-9H2,1-3H3. The van der Waals surface area contributed by atoms with Gasteiger partial charge in [0.15, 0.2) is 0 Å². The smallest absolute Gasteiger partial charge is 0.326 e. The van der Waals surface area contributed by atoms with Crippen LogP contribution in [0.25, 0.3) is 0 Å². The van der Waals surface area contributed by atoms with Crippen LogP contribution in [-0.4, -0.2) is 24.2 Å². The summed E-state index contributed by atoms with van der Waals surface area (Å²) in [7, 11) is 0. The minimum Gasteiger partial charge on any atom is -0.459 e. The zero-order chi connectivity index (χ0) is 9.78. The molecule has 0 radical (unpaired) electrons. The Morgan fingerprint density at radius 1 is 1.58 bits per heavy atom. The first-order valence-corrected chi connectivity index (χ1v) is 3.79. The van der Waals surface area contributed by atoms with Crippen LogP contribution in [0.2, 0.25) is 0 Å². The minimum absolute atomic E-state index is 0.130. The molecule has 0 bridgehead atoms. The quantitative estimate of drug-likeness (QED) is 0.294. The van der Waals surface area contributed by atoms with Crippen molar-refractivity contribution in [2.45, 2.75) is 32.4 Å². The molecule has 1 atom stereocenters. The molecule has 5 heteroatoms. The van der Waals surface area contributed by atoms with Crippen LogP contribution < -0.4 is 17.0 Å². The molecule has 0 amide bonds. The third-order valence-corrected chi connectivity index (χ3v) is 1.13. The van der Waals surface area contributed by atoms with E-state index < -0.39 is 17.6 Å². The fraction of sp³-hybridized carbons (Fsp3) is 0.857. The molecule has 5 N–H and O–H groups in total. The monoisotopic (exact) mass is 175 g/mol. The normalized spacial score (nSPS) is 14.1. The van der Waals surface area contributed by atoms with Crippen molar-refractivity contribution in [1.82, 2.24) is 5.43 Å². The van der Waals surface area contributed by atoms with E-state index in [9.17, 15) is 4.79 Å². The Balaban J connectivity index is 4.02. The molecule has 0 aromatic heterocycles. The summed E-state index contributed by atoms with van der Waals surface area (Å²) in [6.07, 6.45) is 0. The summed E-state index contributed by atoms with van der Waals surface area (Å²) in [5, 5.41) is 0. The third-order valence-electron chi connectivity index (χ3n) is 1.13. The highest BCUT2D eigenvalue weighted by Gasteiger charge is 2.22. The van der Waals surface area contributed by atoms with Gasteiger partial charge in [0.25, 0.3) is 0 Å². The van der Waals surface area contributed by atoms with Crippen LogP contribution in [0.1, 0.15) is 20.8 Å². The number of hydrogen-bond acceptors (Lipinski definition) is 5. The molecule has 0 aromatic carbocycles. The molecule has 0 fully saturated rings. The van der Waals surface area contributed by atoms with Gasteiger partial charge in [0.1, 0.15) is 11.6 Å². The number of hydrogen-bond donors (Lipinski definition) is 3. The highest BCUT2D eigenvalue weighted by atomic mass is 16.6. The highest BCUT2D eigenvalue weighted by Crippen LogP contribution is 2.07. The lowest BCUT2D eigenvalue weighted by molar-refractivity contribution is -0.157. The minimum atomic E-state index is -0.621. The van der Waals surface area contributed by atoms with Crippen molar-refractivity contribution >= 4 is 5.97 Å². The maximum Gasteiger partial charge on any atom is 0.326 e. The van der Waals surface area contributed by atoms with Crippen molar-refractivity contribution in [1.29, 1.82) is 0 Å². The van der Waals surface area contributed by atoms with E-state index >= 15 is 0 Å². The first-order valence-electron chi connectivity index (χ1n) is 3.79. The third kappa shape index (κ3) is 4.27. The summed E-state index contributed by atoms with van der Waals surface area (Å²) in [5.41, 5.74) is 7.04. The van der Waals surface area contributed by atoms with Crippen LogP contribution in [0, 0.1) is 0 Å². The number of ether oxygens (including phenoxy) is 1. The van der Waals surface area contributed by atoms with Gasteiger partial charge in [0.2, 0.25) is 0 Å². The van der Waals surface area contributed by atoms with E-state index in [2.05, 4.69) is 5.43 Å². The molecule has 0 heterocycles. The number of carbonyl (C=O) groups is 1. The van der Waals surface area contributed by atoms with Gasteiger partial charge in [-0.2, -0.15) is 0 Å². The molecule has 1 unspecified atom stereocenters. The van der Waals surface area contributed by atoms with Gasteiger partial charge < -0.3 is 10.5 Å². The number of hydrazine groups is 1. The van der Waals surface area contributed by atoms with Crippen LogP contribution in [0.3, 0.4) is 0 Å². The maximum absolute atomic E-state index is 11.2. The van der Waals surface area contributed by atoms with Gasteiger partial charge >= 0.3 is 5.97 Å². The van der Waals surface area contributed by atoms with Crippen molar-refractivity contribution in [3.63, 3.8) is 0 Å². The summed E-state index contributed by atoms with van der Waals surface area (Å²) in [6.45, 7) is 5.49. The molecule has 0 saturated heterocycles. The SMILES string of the molecule is CC(C)(C)OC(=O)C(CN)NN. The Hall–Kier alpha value is -0.650. The Bertz CT molecular complexity index is 149. The summed E-state index contributed by atoms with van der Waals surface area (Å²) in [6, 6.07) is -0.621. The van der Waals surface area contributed by atoms with Crippen molar-refractivity contribution < 1.29 is 9.53 Å². The summed E-state index contributed by atoms with van der Waals surface area (Å²) < 4.78 is 5.02. The fourth-order valence-corrected chi connectivity index (χ4v) is 0.605. The van der Waals surface area contributed by atoms with Crippen molar-refractivity contribution in [2.75, 3.05) is 6.54 Å². The van der Waals surface area contributed by atoms with Gasteiger partial charge in [-0.25, -0.2) is 5.43 Å². The maximum atomic E-state index is 11.2. The Morgan fingerprint density at radius 3 is 2.33 bits per heavy atom. The lowest BCUT2D eigenvalue weighted by Gasteiger charge is -2.22. The molecule has 0 spiro atoms. The number of nitrogens with two attached hydrogens (primary N) is 2. The predicted molar refractivity (Wildman–Crippen MR) is 46.0 cm³/mol. The topological polar surface area (TPSA) is 90.4 Å². The Labute approximate surface area is 72.4 Å². The Morgan fingerprint density at radius 2 is 2.08 bits per heavy atom. The van der Waals surface area contributed by atoms with Crippen molar-refractivity contribution in [3.8, 4) is 0 Å². The summed E-state index contributed by atoms with van der Waals surface area (Å²) in [4.78, 5) is 11.2. The van der Waals surface area contributed by atoms with E-state index in [1.165, 1.54) is 0 Å². The number of rotatable bonds is 3. The van der Waals surface area contributed by atoms with E-state index in [4.69, 9.17) is 16.3 Å². The van der Waals surface area contributed by atoms with E-state index in [-0.39, 0.29) is 6.54 Å². The van der Waals surface area contributed by atoms with E-state index in [0.29, 0.717) is 0 Å². The van der Waals surface area contributed by atoms with Crippen LogP contribution in [-0.2, 0) is 9.53 Å². The van der Waals surface area contributed by atoms with E-state index in [0.717, 1.165) is 0 Å². The number of nitrogens with one attached hydrogen (secondary N) is 1. The average Bonchev–Trinajstić information content (AvgIpc) is 1.85. The molecule has 0 aromatic rings. The Kier molecular flexibility index (Phi) is 4.16. The van der Waals surface area contributed by atoms with Crippen LogP contribution in [0.5, 0.6) is 0 Å². The molecular formula is C7H17N3O2. The number of esters is 1. The second kappa shape index (κ2) is 4.39. The average molecular weight is 175 g/mol. The molecule has 72 valence electrons. The van der Waals surface area contributed by atoms with Crippen LogP contribution in [0.15, 0.2) is 0 Å². The molecule has 0 rings (SSSR count).